The molecule has 184 valence electrons. The van der Waals surface area contributed by atoms with Gasteiger partial charge >= 0.3 is 0 Å². The topological polar surface area (TPSA) is 134 Å². The molecule has 3 aliphatic rings. The van der Waals surface area contributed by atoms with Crippen LogP contribution < -0.4 is 20.7 Å². The molecular weight excluding hydrogens is 464 g/mol. The molecule has 0 saturated carbocycles. The van der Waals surface area contributed by atoms with Gasteiger partial charge in [-0.15, -0.1) is 0 Å². The van der Waals surface area contributed by atoms with Gasteiger partial charge in [0.05, 0.1) is 5.57 Å². The highest BCUT2D eigenvalue weighted by molar-refractivity contribution is 6.05. The van der Waals surface area contributed by atoms with Crippen molar-refractivity contribution in [1.82, 2.24) is 15.5 Å². The van der Waals surface area contributed by atoms with Crippen molar-refractivity contribution in [3.63, 3.8) is 0 Å². The number of rotatable bonds is 5. The Morgan fingerprint density at radius 1 is 1.14 bits per heavy atom. The number of ether oxygens (including phenoxy) is 1. The summed E-state index contributed by atoms with van der Waals surface area (Å²) in [6.45, 7) is 2.06. The molecule has 1 unspecified atom stereocenters. The predicted molar refractivity (Wildman–Crippen MR) is 129 cm³/mol. The zero-order valence-electron chi connectivity index (χ0n) is 19.6. The lowest BCUT2D eigenvalue weighted by Crippen LogP contribution is -2.52. The van der Waals surface area contributed by atoms with Crippen LogP contribution in [0.5, 0.6) is 5.75 Å². The number of piperidine rings is 1. The number of hydrogen-bond donors (Lipinski definition) is 3. The van der Waals surface area contributed by atoms with Crippen molar-refractivity contribution >= 4 is 41.3 Å². The van der Waals surface area contributed by atoms with Crippen LogP contribution in [-0.4, -0.2) is 47.1 Å². The average molecular weight is 489 g/mol. The van der Waals surface area contributed by atoms with Crippen LogP contribution in [0.4, 0.5) is 5.69 Å². The largest absolute Gasteiger partial charge is 0.488 e. The molecule has 2 aromatic carbocycles. The molecule has 3 aliphatic heterocycles. The van der Waals surface area contributed by atoms with Crippen molar-refractivity contribution < 1.29 is 28.7 Å². The molecule has 1 saturated heterocycles. The summed E-state index contributed by atoms with van der Waals surface area (Å²) in [6, 6.07) is 9.88. The Balaban J connectivity index is 1.24. The van der Waals surface area contributed by atoms with Crippen LogP contribution in [0.1, 0.15) is 46.8 Å². The number of fused-ring (bicyclic) bond motifs is 2. The molecule has 0 radical (unpaired) electrons. The molecule has 1 fully saturated rings. The summed E-state index contributed by atoms with van der Waals surface area (Å²) in [4.78, 5) is 62.1. The molecular formula is C26H24N4O6. The number of imide groups is 1. The van der Waals surface area contributed by atoms with Gasteiger partial charge in [-0.05, 0) is 47.9 Å². The Morgan fingerprint density at radius 2 is 1.97 bits per heavy atom. The Hall–Kier alpha value is -4.47. The van der Waals surface area contributed by atoms with Gasteiger partial charge in [0, 0.05) is 43.2 Å². The highest BCUT2D eigenvalue weighted by atomic mass is 16.5. The van der Waals surface area contributed by atoms with Gasteiger partial charge in [-0.1, -0.05) is 12.1 Å². The fourth-order valence-corrected chi connectivity index (χ4v) is 4.62. The number of benzene rings is 2. The number of anilines is 1. The number of nitrogens with one attached hydrogen (secondary N) is 3. The maximum Gasteiger partial charge on any atom is 0.255 e. The van der Waals surface area contributed by atoms with Crippen molar-refractivity contribution in [2.75, 3.05) is 11.9 Å². The number of carbonyl (C=O) groups is 5. The summed E-state index contributed by atoms with van der Waals surface area (Å²) in [5.41, 5.74) is 3.86. The minimum absolute atomic E-state index is 0.123. The van der Waals surface area contributed by atoms with E-state index in [-0.39, 0.29) is 49.7 Å². The molecule has 0 bridgehead atoms. The van der Waals surface area contributed by atoms with Crippen LogP contribution in [-0.2, 0) is 32.3 Å². The number of amides is 5. The highest BCUT2D eigenvalue weighted by Crippen LogP contribution is 2.30. The first-order valence-corrected chi connectivity index (χ1v) is 11.6. The third-order valence-corrected chi connectivity index (χ3v) is 6.38. The second-order valence-electron chi connectivity index (χ2n) is 8.97. The van der Waals surface area contributed by atoms with E-state index in [1.807, 2.05) is 6.07 Å². The molecule has 5 amide bonds. The molecule has 0 aliphatic carbocycles. The molecule has 0 spiro atoms. The number of nitrogens with zero attached hydrogens (tertiary/aromatic N) is 1. The monoisotopic (exact) mass is 488 g/mol. The maximum atomic E-state index is 12.8. The molecule has 10 heteroatoms. The molecule has 3 heterocycles. The van der Waals surface area contributed by atoms with Crippen LogP contribution >= 0.6 is 0 Å². The average Bonchev–Trinajstić information content (AvgIpc) is 3.17. The van der Waals surface area contributed by atoms with Crippen LogP contribution in [0.15, 0.2) is 42.0 Å². The second-order valence-corrected chi connectivity index (χ2v) is 8.97. The van der Waals surface area contributed by atoms with Gasteiger partial charge in [-0.25, -0.2) is 0 Å². The van der Waals surface area contributed by atoms with E-state index in [2.05, 4.69) is 16.0 Å². The normalized spacial score (nSPS) is 18.5. The lowest BCUT2D eigenvalue weighted by atomic mass is 10.0. The van der Waals surface area contributed by atoms with Crippen LogP contribution in [0, 0.1) is 0 Å². The fraction of sp³-hybridized carbons (Fsp3) is 0.269. The summed E-state index contributed by atoms with van der Waals surface area (Å²) in [6.07, 6.45) is 2.24. The first-order chi connectivity index (χ1) is 17.3. The fourth-order valence-electron chi connectivity index (χ4n) is 4.62. The summed E-state index contributed by atoms with van der Waals surface area (Å²) in [7, 11) is 0. The Bertz CT molecular complexity index is 1350. The van der Waals surface area contributed by atoms with Gasteiger partial charge in [0.25, 0.3) is 11.8 Å². The van der Waals surface area contributed by atoms with Gasteiger partial charge < -0.3 is 20.3 Å². The minimum atomic E-state index is -0.668. The molecule has 0 aromatic heterocycles. The smallest absolute Gasteiger partial charge is 0.255 e. The van der Waals surface area contributed by atoms with Crippen molar-refractivity contribution in [2.45, 2.75) is 38.9 Å². The van der Waals surface area contributed by atoms with E-state index in [0.29, 0.717) is 34.6 Å². The van der Waals surface area contributed by atoms with Crippen molar-refractivity contribution in [3.8, 4) is 5.75 Å². The third kappa shape index (κ3) is 4.57. The van der Waals surface area contributed by atoms with Gasteiger partial charge in [0.15, 0.2) is 0 Å². The van der Waals surface area contributed by atoms with Crippen molar-refractivity contribution in [2.24, 2.45) is 0 Å². The zero-order valence-corrected chi connectivity index (χ0v) is 19.6. The third-order valence-electron chi connectivity index (χ3n) is 6.38. The summed E-state index contributed by atoms with van der Waals surface area (Å²) in [5, 5.41) is 7.88. The van der Waals surface area contributed by atoms with Gasteiger partial charge in [0.1, 0.15) is 18.4 Å². The Kier molecular flexibility index (Phi) is 6.01. The Labute approximate surface area is 206 Å². The van der Waals surface area contributed by atoms with Crippen LogP contribution in [0.25, 0.3) is 6.08 Å². The SMILES string of the molecule is CC(=O)Nc1ccc2c(c1)C=C(C(=O)NCc1ccc3c(c1)CN(C1CCC(=O)NC1=O)C3=O)CO2. The lowest BCUT2D eigenvalue weighted by molar-refractivity contribution is -0.137. The van der Waals surface area contributed by atoms with Gasteiger partial charge in [-0.3, -0.25) is 29.3 Å². The highest BCUT2D eigenvalue weighted by Gasteiger charge is 2.39. The first-order valence-electron chi connectivity index (χ1n) is 11.6. The zero-order chi connectivity index (χ0) is 25.4. The van der Waals surface area contributed by atoms with E-state index >= 15 is 0 Å². The van der Waals surface area contributed by atoms with Crippen molar-refractivity contribution in [3.05, 3.63) is 64.2 Å². The summed E-state index contributed by atoms with van der Waals surface area (Å²) >= 11 is 0. The van der Waals surface area contributed by atoms with E-state index < -0.39 is 11.9 Å². The number of hydrogen-bond acceptors (Lipinski definition) is 6. The lowest BCUT2D eigenvalue weighted by Gasteiger charge is -2.29. The minimum Gasteiger partial charge on any atom is -0.488 e. The molecule has 10 nitrogen and oxygen atoms in total. The van der Waals surface area contributed by atoms with E-state index in [1.165, 1.54) is 11.8 Å². The van der Waals surface area contributed by atoms with E-state index in [0.717, 1.165) is 11.1 Å². The molecule has 1 atom stereocenters. The van der Waals surface area contributed by atoms with Crippen molar-refractivity contribution in [1.29, 1.82) is 0 Å². The Morgan fingerprint density at radius 3 is 2.75 bits per heavy atom. The first kappa shape index (κ1) is 23.3. The van der Waals surface area contributed by atoms with E-state index in [4.69, 9.17) is 4.74 Å². The standard InChI is InChI=1S/C26H24N4O6/c1-14(31)28-19-3-6-22-16(10-19)9-18(13-36-22)24(33)27-11-15-2-4-20-17(8-15)12-30(26(20)35)21-5-7-23(32)29-25(21)34/h2-4,6,8-10,21H,5,7,11-13H2,1H3,(H,27,33)(H,28,31)(H,29,32,34). The van der Waals surface area contributed by atoms with Crippen LogP contribution in [0.3, 0.4) is 0 Å². The maximum absolute atomic E-state index is 12.8. The molecule has 2 aromatic rings. The second kappa shape index (κ2) is 9.29. The summed E-state index contributed by atoms with van der Waals surface area (Å²) in [5.74, 6) is -0.860. The molecule has 3 N–H and O–H groups in total. The summed E-state index contributed by atoms with van der Waals surface area (Å²) < 4.78 is 5.69. The number of carbonyl (C=O) groups excluding carboxylic acids is 5. The van der Waals surface area contributed by atoms with Crippen LogP contribution in [0.2, 0.25) is 0 Å². The predicted octanol–water partition coefficient (Wildman–Crippen LogP) is 1.50. The van der Waals surface area contributed by atoms with Gasteiger partial charge in [-0.2, -0.15) is 0 Å². The van der Waals surface area contributed by atoms with Gasteiger partial charge in [0.2, 0.25) is 17.7 Å². The van der Waals surface area contributed by atoms with E-state index in [1.54, 1.807) is 36.4 Å². The quantitative estimate of drug-likeness (QED) is 0.546. The molecule has 5 rings (SSSR count). The van der Waals surface area contributed by atoms with E-state index in [9.17, 15) is 24.0 Å². The molecule has 36 heavy (non-hydrogen) atoms.